The van der Waals surface area contributed by atoms with E-state index in [1.54, 1.807) is 0 Å². The first-order valence-corrected chi connectivity index (χ1v) is 8.67. The highest BCUT2D eigenvalue weighted by Crippen LogP contribution is 2.29. The lowest BCUT2D eigenvalue weighted by molar-refractivity contribution is 0.350. The van der Waals surface area contributed by atoms with Crippen LogP contribution < -0.4 is 0 Å². The molecule has 0 aliphatic carbocycles. The van der Waals surface area contributed by atoms with Crippen LogP contribution in [0.25, 0.3) is 0 Å². The molecule has 0 saturated carbocycles. The normalized spacial score (nSPS) is 15.9. The van der Waals surface area contributed by atoms with Gasteiger partial charge in [0, 0.05) is 18.9 Å². The van der Waals surface area contributed by atoms with Gasteiger partial charge in [0.15, 0.2) is 10.8 Å². The molecule has 1 aromatic carbocycles. The second-order valence-electron chi connectivity index (χ2n) is 5.72. The standard InChI is InChI=1S/C15H16F2N2O3S/c1-9(2)15-18-12-8-19(7-6-13(12)22-15)23(20,21)14-10(16)4-3-5-11(14)17/h3-5,9H,6-8H2,1-2H3. The molecule has 0 N–H and O–H groups in total. The molecule has 2 heterocycles. The summed E-state index contributed by atoms with van der Waals surface area (Å²) in [4.78, 5) is 3.37. The molecule has 0 radical (unpaired) electrons. The highest BCUT2D eigenvalue weighted by atomic mass is 32.2. The van der Waals surface area contributed by atoms with Crippen molar-refractivity contribution in [2.45, 2.75) is 37.6 Å². The van der Waals surface area contributed by atoms with Gasteiger partial charge in [-0.05, 0) is 12.1 Å². The lowest BCUT2D eigenvalue weighted by Gasteiger charge is -2.24. The Kier molecular flexibility index (Phi) is 3.97. The van der Waals surface area contributed by atoms with Gasteiger partial charge in [-0.1, -0.05) is 19.9 Å². The van der Waals surface area contributed by atoms with E-state index in [1.807, 2.05) is 13.8 Å². The van der Waals surface area contributed by atoms with Crippen molar-refractivity contribution in [3.63, 3.8) is 0 Å². The van der Waals surface area contributed by atoms with Crippen LogP contribution in [0.15, 0.2) is 27.5 Å². The quantitative estimate of drug-likeness (QED) is 0.860. The smallest absolute Gasteiger partial charge is 0.249 e. The lowest BCUT2D eigenvalue weighted by Crippen LogP contribution is -2.36. The number of oxazole rings is 1. The van der Waals surface area contributed by atoms with Gasteiger partial charge in [0.1, 0.15) is 17.4 Å². The molecular weight excluding hydrogens is 326 g/mol. The van der Waals surface area contributed by atoms with E-state index in [1.165, 1.54) is 0 Å². The van der Waals surface area contributed by atoms with Gasteiger partial charge in [-0.3, -0.25) is 0 Å². The van der Waals surface area contributed by atoms with Crippen molar-refractivity contribution < 1.29 is 21.6 Å². The largest absolute Gasteiger partial charge is 0.445 e. The van der Waals surface area contributed by atoms with Crippen molar-refractivity contribution in [3.05, 3.63) is 47.2 Å². The second-order valence-corrected chi connectivity index (χ2v) is 7.59. The van der Waals surface area contributed by atoms with Crippen molar-refractivity contribution in [2.24, 2.45) is 0 Å². The molecule has 0 bridgehead atoms. The SMILES string of the molecule is CC(C)c1nc2c(o1)CCN(S(=O)(=O)c1c(F)cccc1F)C2. The van der Waals surface area contributed by atoms with Gasteiger partial charge in [-0.15, -0.1) is 0 Å². The first-order valence-electron chi connectivity index (χ1n) is 7.23. The molecule has 124 valence electrons. The molecule has 0 saturated heterocycles. The summed E-state index contributed by atoms with van der Waals surface area (Å²) in [6.45, 7) is 3.87. The zero-order valence-corrected chi connectivity index (χ0v) is 13.5. The minimum atomic E-state index is -4.28. The van der Waals surface area contributed by atoms with E-state index in [-0.39, 0.29) is 19.0 Å². The Morgan fingerprint density at radius 1 is 1.26 bits per heavy atom. The zero-order valence-electron chi connectivity index (χ0n) is 12.7. The summed E-state index contributed by atoms with van der Waals surface area (Å²) in [6, 6.07) is 2.99. The molecule has 0 fully saturated rings. The van der Waals surface area contributed by atoms with Gasteiger partial charge >= 0.3 is 0 Å². The summed E-state index contributed by atoms with van der Waals surface area (Å²) in [6.07, 6.45) is 0.324. The molecule has 1 aromatic heterocycles. The van der Waals surface area contributed by atoms with Crippen LogP contribution in [0.4, 0.5) is 8.78 Å². The van der Waals surface area contributed by atoms with Crippen LogP contribution in [-0.4, -0.2) is 24.3 Å². The predicted octanol–water partition coefficient (Wildman–Crippen LogP) is 2.82. The average molecular weight is 342 g/mol. The first kappa shape index (κ1) is 16.1. The van der Waals surface area contributed by atoms with Crippen molar-refractivity contribution in [1.82, 2.24) is 9.29 Å². The number of aromatic nitrogens is 1. The molecule has 1 aliphatic heterocycles. The van der Waals surface area contributed by atoms with Gasteiger partial charge in [0.2, 0.25) is 10.0 Å². The summed E-state index contributed by atoms with van der Waals surface area (Å²) >= 11 is 0. The average Bonchev–Trinajstić information content (AvgIpc) is 2.90. The molecule has 0 unspecified atom stereocenters. The molecular formula is C15H16F2N2O3S. The third-order valence-electron chi connectivity index (χ3n) is 3.72. The minimum absolute atomic E-state index is 0.0539. The van der Waals surface area contributed by atoms with Gasteiger partial charge in [-0.25, -0.2) is 22.2 Å². The van der Waals surface area contributed by atoms with Gasteiger partial charge in [-0.2, -0.15) is 4.31 Å². The van der Waals surface area contributed by atoms with Crippen molar-refractivity contribution in [3.8, 4) is 0 Å². The maximum absolute atomic E-state index is 13.8. The molecule has 1 aliphatic rings. The summed E-state index contributed by atoms with van der Waals surface area (Å²) < 4.78 is 59.4. The fourth-order valence-corrected chi connectivity index (χ4v) is 4.02. The minimum Gasteiger partial charge on any atom is -0.445 e. The van der Waals surface area contributed by atoms with Gasteiger partial charge in [0.05, 0.1) is 12.2 Å². The van der Waals surface area contributed by atoms with E-state index in [9.17, 15) is 17.2 Å². The number of nitrogens with zero attached hydrogens (tertiary/aromatic N) is 2. The van der Waals surface area contributed by atoms with Gasteiger partial charge < -0.3 is 4.42 Å². The van der Waals surface area contributed by atoms with Crippen LogP contribution in [0.5, 0.6) is 0 Å². The summed E-state index contributed by atoms with van der Waals surface area (Å²) in [5.41, 5.74) is 0.500. The molecule has 8 heteroatoms. The van der Waals surface area contributed by atoms with E-state index >= 15 is 0 Å². The highest BCUT2D eigenvalue weighted by Gasteiger charge is 2.35. The zero-order chi connectivity index (χ0) is 16.8. The first-order chi connectivity index (χ1) is 10.8. The fourth-order valence-electron chi connectivity index (χ4n) is 2.50. The van der Waals surface area contributed by atoms with Crippen LogP contribution in [-0.2, 0) is 23.0 Å². The number of fused-ring (bicyclic) bond motifs is 1. The highest BCUT2D eigenvalue weighted by molar-refractivity contribution is 7.89. The maximum atomic E-state index is 13.8. The Morgan fingerprint density at radius 3 is 2.52 bits per heavy atom. The molecule has 0 amide bonds. The van der Waals surface area contributed by atoms with E-state index in [4.69, 9.17) is 4.42 Å². The van der Waals surface area contributed by atoms with Crippen LogP contribution in [0.1, 0.15) is 37.1 Å². The number of halogens is 2. The second kappa shape index (κ2) is 5.68. The van der Waals surface area contributed by atoms with Crippen molar-refractivity contribution in [1.29, 1.82) is 0 Å². The summed E-state index contributed by atoms with van der Waals surface area (Å²) in [5, 5.41) is 0. The van der Waals surface area contributed by atoms with E-state index in [0.717, 1.165) is 22.5 Å². The van der Waals surface area contributed by atoms with Crippen LogP contribution >= 0.6 is 0 Å². The topological polar surface area (TPSA) is 63.4 Å². The Hall–Kier alpha value is -1.80. The molecule has 3 rings (SSSR count). The Balaban J connectivity index is 1.96. The molecule has 0 spiro atoms. The predicted molar refractivity (Wildman–Crippen MR) is 78.2 cm³/mol. The number of benzene rings is 1. The van der Waals surface area contributed by atoms with Gasteiger partial charge in [0.25, 0.3) is 0 Å². The molecule has 0 atom stereocenters. The molecule has 23 heavy (non-hydrogen) atoms. The van der Waals surface area contributed by atoms with Crippen molar-refractivity contribution >= 4 is 10.0 Å². The monoisotopic (exact) mass is 342 g/mol. The number of hydrogen-bond acceptors (Lipinski definition) is 4. The van der Waals surface area contributed by atoms with E-state index < -0.39 is 26.6 Å². The number of rotatable bonds is 3. The maximum Gasteiger partial charge on any atom is 0.249 e. The van der Waals surface area contributed by atoms with E-state index in [2.05, 4.69) is 4.98 Å². The summed E-state index contributed by atoms with van der Waals surface area (Å²) in [7, 11) is -4.28. The third kappa shape index (κ3) is 2.76. The third-order valence-corrected chi connectivity index (χ3v) is 5.62. The molecule has 2 aromatic rings. The van der Waals surface area contributed by atoms with Crippen LogP contribution in [0.2, 0.25) is 0 Å². The number of sulfonamides is 1. The van der Waals surface area contributed by atoms with Crippen LogP contribution in [0.3, 0.4) is 0 Å². The Bertz CT molecular complexity index is 826. The number of hydrogen-bond donors (Lipinski definition) is 0. The fraction of sp³-hybridized carbons (Fsp3) is 0.400. The summed E-state index contributed by atoms with van der Waals surface area (Å²) in [5.74, 6) is -0.951. The van der Waals surface area contributed by atoms with Crippen molar-refractivity contribution in [2.75, 3.05) is 6.54 Å². The molecule has 5 nitrogen and oxygen atoms in total. The van der Waals surface area contributed by atoms with E-state index in [0.29, 0.717) is 23.8 Å². The Labute approximate surface area is 133 Å². The van der Waals surface area contributed by atoms with Crippen LogP contribution in [0, 0.1) is 11.6 Å². The lowest BCUT2D eigenvalue weighted by atomic mass is 10.2. The Morgan fingerprint density at radius 2 is 1.91 bits per heavy atom.